The number of carbonyl (C=O) groups excluding carboxylic acids is 1. The average molecular weight is 331 g/mol. The number of thiophene rings is 1. The first kappa shape index (κ1) is 17.7. The number of hydrogen-bond acceptors (Lipinski definition) is 6. The van der Waals surface area contributed by atoms with E-state index in [1.165, 1.54) is 11.3 Å². The molecule has 116 valence electrons. The number of rotatable bonds is 7. The van der Waals surface area contributed by atoms with Crippen molar-refractivity contribution in [3.63, 3.8) is 0 Å². The zero-order valence-electron chi connectivity index (χ0n) is 11.6. The van der Waals surface area contributed by atoms with Crippen LogP contribution in [0.4, 0.5) is 0 Å². The third kappa shape index (κ3) is 7.24. The third-order valence-electron chi connectivity index (χ3n) is 2.31. The number of esters is 1. The summed E-state index contributed by atoms with van der Waals surface area (Å²) in [6.45, 7) is 1.83. The van der Waals surface area contributed by atoms with Crippen molar-refractivity contribution in [2.24, 2.45) is 0 Å². The molecular weight excluding hydrogens is 314 g/mol. The Kier molecular flexibility index (Phi) is 7.39. The molecule has 0 atom stereocenters. The first-order valence-electron chi connectivity index (χ1n) is 6.27. The molecule has 0 amide bonds. The molecule has 0 aliphatic heterocycles. The third-order valence-corrected chi connectivity index (χ3v) is 4.57. The molecule has 6 nitrogen and oxygen atoms in total. The summed E-state index contributed by atoms with van der Waals surface area (Å²) in [5, 5.41) is 10.4. The quantitative estimate of drug-likeness (QED) is 0.559. The second-order valence-electron chi connectivity index (χ2n) is 3.96. The fraction of sp³-hybridized carbons (Fsp3) is 0.462. The van der Waals surface area contributed by atoms with Crippen LogP contribution in [0.5, 0.6) is 0 Å². The minimum Gasteiger partial charge on any atom is -0.466 e. The highest BCUT2D eigenvalue weighted by Gasteiger charge is 2.14. The Bertz CT molecular complexity index is 624. The summed E-state index contributed by atoms with van der Waals surface area (Å²) in [6, 6.07) is 1.75. The highest BCUT2D eigenvalue weighted by atomic mass is 32.2. The first-order chi connectivity index (χ1) is 9.96. The molecule has 0 radical (unpaired) electrons. The number of carbonyl (C=O) groups is 1. The minimum atomic E-state index is -3.52. The second kappa shape index (κ2) is 8.79. The molecule has 0 fully saturated rings. The summed E-state index contributed by atoms with van der Waals surface area (Å²) in [7, 11) is -3.52. The molecule has 1 aromatic heterocycles. The van der Waals surface area contributed by atoms with E-state index in [4.69, 9.17) is 5.11 Å². The fourth-order valence-electron chi connectivity index (χ4n) is 1.38. The maximum Gasteiger partial charge on any atom is 0.306 e. The fourth-order valence-corrected chi connectivity index (χ4v) is 3.19. The number of ether oxygens (including phenoxy) is 1. The van der Waals surface area contributed by atoms with Crippen LogP contribution in [0.1, 0.15) is 23.8 Å². The molecule has 1 aromatic rings. The van der Waals surface area contributed by atoms with Gasteiger partial charge in [-0.05, 0) is 13.0 Å². The van der Waals surface area contributed by atoms with E-state index in [1.807, 2.05) is 0 Å². The lowest BCUT2D eigenvalue weighted by molar-refractivity contribution is -0.142. The highest BCUT2D eigenvalue weighted by Crippen LogP contribution is 2.13. The number of nitrogens with one attached hydrogen (secondary N) is 1. The molecule has 0 aliphatic carbocycles. The van der Waals surface area contributed by atoms with Gasteiger partial charge in [-0.15, -0.1) is 11.3 Å². The van der Waals surface area contributed by atoms with Gasteiger partial charge in [-0.3, -0.25) is 4.79 Å². The van der Waals surface area contributed by atoms with Crippen LogP contribution >= 0.6 is 11.3 Å². The molecule has 1 rings (SSSR count). The van der Waals surface area contributed by atoms with Crippen LogP contribution in [0.25, 0.3) is 0 Å². The van der Waals surface area contributed by atoms with Gasteiger partial charge in [-0.2, -0.15) is 0 Å². The first-order valence-corrected chi connectivity index (χ1v) is 8.80. The van der Waals surface area contributed by atoms with E-state index >= 15 is 0 Å². The van der Waals surface area contributed by atoms with Crippen molar-refractivity contribution in [2.75, 3.05) is 19.0 Å². The monoisotopic (exact) mass is 331 g/mol. The van der Waals surface area contributed by atoms with E-state index in [9.17, 15) is 13.2 Å². The number of aliphatic hydroxyl groups is 1. The smallest absolute Gasteiger partial charge is 0.306 e. The summed E-state index contributed by atoms with van der Waals surface area (Å²) in [5.74, 6) is 4.43. The maximum absolute atomic E-state index is 11.7. The lowest BCUT2D eigenvalue weighted by Crippen LogP contribution is -2.27. The molecule has 8 heteroatoms. The van der Waals surface area contributed by atoms with E-state index in [0.29, 0.717) is 0 Å². The lowest BCUT2D eigenvalue weighted by atomic mass is 10.3. The molecule has 0 saturated heterocycles. The van der Waals surface area contributed by atoms with Crippen molar-refractivity contribution in [3.05, 3.63) is 21.9 Å². The van der Waals surface area contributed by atoms with Crippen LogP contribution in [-0.4, -0.2) is 38.5 Å². The Morgan fingerprint density at radius 2 is 2.29 bits per heavy atom. The van der Waals surface area contributed by atoms with Gasteiger partial charge in [0, 0.05) is 22.4 Å². The van der Waals surface area contributed by atoms with E-state index in [1.54, 1.807) is 18.4 Å². The summed E-state index contributed by atoms with van der Waals surface area (Å²) >= 11 is 1.37. The van der Waals surface area contributed by atoms with Gasteiger partial charge >= 0.3 is 5.97 Å². The standard InChI is InChI=1S/C13H17NO5S2/c1-2-19-13(16)5-7-21(17,18)14-9-12-8-11(10-20-12)4-3-6-15/h8,10,14-15H,2,5-7,9H2,1H3. The largest absolute Gasteiger partial charge is 0.466 e. The van der Waals surface area contributed by atoms with Crippen LogP contribution in [-0.2, 0) is 26.1 Å². The van der Waals surface area contributed by atoms with Crippen molar-refractivity contribution < 1.29 is 23.1 Å². The summed E-state index contributed by atoms with van der Waals surface area (Å²) in [6.07, 6.45) is -0.166. The van der Waals surface area contributed by atoms with E-state index in [2.05, 4.69) is 21.3 Å². The molecule has 0 aliphatic rings. The number of hydrogen-bond donors (Lipinski definition) is 2. The molecule has 0 saturated carbocycles. The number of aliphatic hydroxyl groups excluding tert-OH is 1. The SMILES string of the molecule is CCOC(=O)CCS(=O)(=O)NCc1cc(C#CCO)cs1. The Labute approximate surface area is 128 Å². The summed E-state index contributed by atoms with van der Waals surface area (Å²) in [5.41, 5.74) is 0.731. The van der Waals surface area contributed by atoms with Crippen LogP contribution in [0.3, 0.4) is 0 Å². The molecule has 1 heterocycles. The topological polar surface area (TPSA) is 92.7 Å². The second-order valence-corrected chi connectivity index (χ2v) is 6.88. The highest BCUT2D eigenvalue weighted by molar-refractivity contribution is 7.89. The molecule has 0 spiro atoms. The minimum absolute atomic E-state index is 0.149. The van der Waals surface area contributed by atoms with Gasteiger partial charge in [0.2, 0.25) is 10.0 Å². The van der Waals surface area contributed by atoms with Gasteiger partial charge in [-0.1, -0.05) is 11.8 Å². The Balaban J connectivity index is 2.46. The lowest BCUT2D eigenvalue weighted by Gasteiger charge is -2.05. The molecular formula is C13H17NO5S2. The van der Waals surface area contributed by atoms with Crippen LogP contribution in [0.15, 0.2) is 11.4 Å². The normalized spacial score (nSPS) is 10.8. The maximum atomic E-state index is 11.7. The van der Waals surface area contributed by atoms with Gasteiger partial charge in [0.25, 0.3) is 0 Å². The number of sulfonamides is 1. The van der Waals surface area contributed by atoms with E-state index < -0.39 is 16.0 Å². The van der Waals surface area contributed by atoms with Gasteiger partial charge in [0.15, 0.2) is 0 Å². The molecule has 0 aromatic carbocycles. The predicted octanol–water partition coefficient (Wildman–Crippen LogP) is 0.464. The van der Waals surface area contributed by atoms with Gasteiger partial charge in [0.1, 0.15) is 6.61 Å². The summed E-state index contributed by atoms with van der Waals surface area (Å²) in [4.78, 5) is 11.9. The van der Waals surface area contributed by atoms with Crippen LogP contribution in [0, 0.1) is 11.8 Å². The molecule has 21 heavy (non-hydrogen) atoms. The molecule has 0 bridgehead atoms. The van der Waals surface area contributed by atoms with Gasteiger partial charge in [-0.25, -0.2) is 13.1 Å². The molecule has 0 unspecified atom stereocenters. The van der Waals surface area contributed by atoms with Crippen molar-refractivity contribution in [2.45, 2.75) is 19.9 Å². The Hall–Kier alpha value is -1.40. The van der Waals surface area contributed by atoms with Crippen LogP contribution < -0.4 is 4.72 Å². The van der Waals surface area contributed by atoms with E-state index in [-0.39, 0.29) is 31.9 Å². The summed E-state index contributed by atoms with van der Waals surface area (Å²) < 4.78 is 30.5. The van der Waals surface area contributed by atoms with Gasteiger partial charge < -0.3 is 9.84 Å². The van der Waals surface area contributed by atoms with Crippen molar-refractivity contribution in [1.29, 1.82) is 0 Å². The molecule has 2 N–H and O–H groups in total. The van der Waals surface area contributed by atoms with Gasteiger partial charge in [0.05, 0.1) is 18.8 Å². The zero-order chi connectivity index (χ0) is 15.7. The van der Waals surface area contributed by atoms with Crippen LogP contribution in [0.2, 0.25) is 0 Å². The Morgan fingerprint density at radius 1 is 1.52 bits per heavy atom. The Morgan fingerprint density at radius 3 is 2.95 bits per heavy atom. The van der Waals surface area contributed by atoms with Crippen molar-refractivity contribution in [3.8, 4) is 11.8 Å². The zero-order valence-corrected chi connectivity index (χ0v) is 13.2. The van der Waals surface area contributed by atoms with Crippen molar-refractivity contribution >= 4 is 27.3 Å². The van der Waals surface area contributed by atoms with E-state index in [0.717, 1.165) is 10.4 Å². The van der Waals surface area contributed by atoms with Crippen molar-refractivity contribution in [1.82, 2.24) is 4.72 Å². The predicted molar refractivity (Wildman–Crippen MR) is 80.2 cm³/mol. The average Bonchev–Trinajstić information content (AvgIpc) is 2.89.